The lowest BCUT2D eigenvalue weighted by atomic mass is 9.69. The molecule has 0 aromatic carbocycles. The number of nitrogens with one attached hydrogen (secondary N) is 2. The summed E-state index contributed by atoms with van der Waals surface area (Å²) < 4.78 is 0. The van der Waals surface area contributed by atoms with Gasteiger partial charge in [0.25, 0.3) is 0 Å². The minimum Gasteiger partial charge on any atom is -0.388 e. The van der Waals surface area contributed by atoms with E-state index in [9.17, 15) is 19.8 Å². The normalized spacial score (nSPS) is 26.0. The molecule has 3 saturated carbocycles. The Morgan fingerprint density at radius 2 is 0.882 bits per heavy atom. The molecular weight excluding hydrogens is 428 g/mol. The molecule has 0 aliphatic heterocycles. The number of carbonyl (C=O) groups excluding carboxylic acids is 2. The van der Waals surface area contributed by atoms with E-state index in [2.05, 4.69) is 10.6 Å². The fraction of sp³-hybridized carbons (Fsp3) is 0.929. The van der Waals surface area contributed by atoms with Crippen LogP contribution < -0.4 is 10.6 Å². The maximum absolute atomic E-state index is 14.0. The van der Waals surface area contributed by atoms with Crippen LogP contribution in [0.5, 0.6) is 0 Å². The summed E-state index contributed by atoms with van der Waals surface area (Å²) in [6.07, 6.45) is 10.2. The molecule has 2 amide bonds. The summed E-state index contributed by atoms with van der Waals surface area (Å²) in [7, 11) is 0. The fourth-order valence-corrected chi connectivity index (χ4v) is 7.12. The Hall–Kier alpha value is -1.14. The second-order valence-electron chi connectivity index (χ2n) is 13.8. The van der Waals surface area contributed by atoms with Gasteiger partial charge in [0.1, 0.15) is 5.41 Å². The van der Waals surface area contributed by atoms with Crippen LogP contribution in [-0.4, -0.2) is 45.3 Å². The minimum atomic E-state index is -1.16. The molecule has 0 unspecified atom stereocenters. The van der Waals surface area contributed by atoms with Gasteiger partial charge in [0.15, 0.2) is 0 Å². The van der Waals surface area contributed by atoms with Gasteiger partial charge in [0, 0.05) is 0 Å². The average molecular weight is 479 g/mol. The first-order chi connectivity index (χ1) is 15.6. The van der Waals surface area contributed by atoms with Gasteiger partial charge in [-0.25, -0.2) is 0 Å². The van der Waals surface area contributed by atoms with Crippen LogP contribution in [0.25, 0.3) is 0 Å². The third-order valence-corrected chi connectivity index (χ3v) is 8.87. The van der Waals surface area contributed by atoms with Crippen molar-refractivity contribution in [1.29, 1.82) is 0 Å². The van der Waals surface area contributed by atoms with E-state index in [0.29, 0.717) is 38.5 Å². The van der Waals surface area contributed by atoms with Crippen molar-refractivity contribution >= 4 is 11.8 Å². The fourth-order valence-electron chi connectivity index (χ4n) is 7.12. The van der Waals surface area contributed by atoms with Crippen LogP contribution in [0.4, 0.5) is 0 Å². The zero-order chi connectivity index (χ0) is 25.4. The Bertz CT molecular complexity index is 674. The van der Waals surface area contributed by atoms with E-state index in [1.54, 1.807) is 0 Å². The molecule has 0 bridgehead atoms. The molecule has 0 saturated heterocycles. The molecule has 3 rings (SSSR count). The first-order valence-corrected chi connectivity index (χ1v) is 13.7. The molecule has 34 heavy (non-hydrogen) atoms. The zero-order valence-corrected chi connectivity index (χ0v) is 22.6. The molecule has 0 heterocycles. The quantitative estimate of drug-likeness (QED) is 0.419. The zero-order valence-electron chi connectivity index (χ0n) is 22.6. The molecule has 196 valence electrons. The number of amides is 2. The van der Waals surface area contributed by atoms with Crippen LogP contribution in [0.1, 0.15) is 125 Å². The van der Waals surface area contributed by atoms with Crippen LogP contribution in [-0.2, 0) is 9.59 Å². The van der Waals surface area contributed by atoms with Crippen LogP contribution in [0, 0.1) is 16.2 Å². The summed E-state index contributed by atoms with van der Waals surface area (Å²) in [5, 5.41) is 29.3. The molecule has 0 aromatic rings. The van der Waals surface area contributed by atoms with Gasteiger partial charge in [-0.05, 0) is 49.4 Å². The van der Waals surface area contributed by atoms with Crippen molar-refractivity contribution in [3.8, 4) is 0 Å². The largest absolute Gasteiger partial charge is 0.388 e. The van der Waals surface area contributed by atoms with Gasteiger partial charge in [-0.2, -0.15) is 0 Å². The van der Waals surface area contributed by atoms with Crippen molar-refractivity contribution in [3.05, 3.63) is 0 Å². The molecule has 6 nitrogen and oxygen atoms in total. The standard InChI is InChI=1S/C28H50N2O4/c1-24(2,3)20(27(33)16-10-11-17-27)29-22(31)26(14-8-7-9-15-26)23(32)30-21(25(4,5)6)28(34)18-12-13-19-28/h20-21,33-34H,7-19H2,1-6H3,(H,29,31)(H,30,32)/t20-,21-/m1/s1. The Kier molecular flexibility index (Phi) is 7.85. The summed E-state index contributed by atoms with van der Waals surface area (Å²) in [4.78, 5) is 28.0. The molecule has 0 aromatic heterocycles. The third kappa shape index (κ3) is 5.48. The van der Waals surface area contributed by atoms with Crippen LogP contribution in [0.2, 0.25) is 0 Å². The molecule has 0 radical (unpaired) electrons. The second kappa shape index (κ2) is 9.72. The number of carbonyl (C=O) groups is 2. The minimum absolute atomic E-state index is 0.254. The summed E-state index contributed by atoms with van der Waals surface area (Å²) in [6, 6.07) is -0.835. The van der Waals surface area contributed by atoms with Crippen LogP contribution >= 0.6 is 0 Å². The van der Waals surface area contributed by atoms with Crippen LogP contribution in [0.15, 0.2) is 0 Å². The van der Waals surface area contributed by atoms with E-state index in [0.717, 1.165) is 44.9 Å². The first-order valence-electron chi connectivity index (χ1n) is 13.7. The highest BCUT2D eigenvalue weighted by Crippen LogP contribution is 2.44. The van der Waals surface area contributed by atoms with Gasteiger partial charge < -0.3 is 20.8 Å². The smallest absolute Gasteiger partial charge is 0.236 e. The van der Waals surface area contributed by atoms with Gasteiger partial charge in [0.2, 0.25) is 11.8 Å². The van der Waals surface area contributed by atoms with E-state index in [1.807, 2.05) is 41.5 Å². The van der Waals surface area contributed by atoms with E-state index in [-0.39, 0.29) is 22.6 Å². The Labute approximate surface area is 207 Å². The number of hydrogen-bond donors (Lipinski definition) is 4. The van der Waals surface area contributed by atoms with E-state index in [1.165, 1.54) is 0 Å². The van der Waals surface area contributed by atoms with E-state index < -0.39 is 28.7 Å². The molecule has 3 aliphatic rings. The van der Waals surface area contributed by atoms with E-state index >= 15 is 0 Å². The van der Waals surface area contributed by atoms with Crippen molar-refractivity contribution in [1.82, 2.24) is 10.6 Å². The van der Waals surface area contributed by atoms with Gasteiger partial charge in [-0.1, -0.05) is 86.5 Å². The van der Waals surface area contributed by atoms with Gasteiger partial charge in [-0.3, -0.25) is 9.59 Å². The molecule has 0 spiro atoms. The first kappa shape index (κ1) is 27.4. The highest BCUT2D eigenvalue weighted by Gasteiger charge is 2.54. The maximum atomic E-state index is 14.0. The van der Waals surface area contributed by atoms with Gasteiger partial charge in [-0.15, -0.1) is 0 Å². The van der Waals surface area contributed by atoms with Crippen molar-refractivity contribution < 1.29 is 19.8 Å². The van der Waals surface area contributed by atoms with Crippen LogP contribution in [0.3, 0.4) is 0 Å². The average Bonchev–Trinajstić information content (AvgIpc) is 3.38. The summed E-state index contributed by atoms with van der Waals surface area (Å²) >= 11 is 0. The second-order valence-corrected chi connectivity index (χ2v) is 13.8. The lowest BCUT2D eigenvalue weighted by Gasteiger charge is -2.46. The van der Waals surface area contributed by atoms with Gasteiger partial charge in [0.05, 0.1) is 23.3 Å². The molecule has 3 aliphatic carbocycles. The topological polar surface area (TPSA) is 98.7 Å². The van der Waals surface area contributed by atoms with Gasteiger partial charge >= 0.3 is 0 Å². The molecular formula is C28H50N2O4. The third-order valence-electron chi connectivity index (χ3n) is 8.87. The van der Waals surface area contributed by atoms with Crippen molar-refractivity contribution in [2.75, 3.05) is 0 Å². The lowest BCUT2D eigenvalue weighted by Crippen LogP contribution is -2.65. The molecule has 4 N–H and O–H groups in total. The number of rotatable bonds is 6. The highest BCUT2D eigenvalue weighted by molar-refractivity contribution is 6.05. The number of hydrogen-bond acceptors (Lipinski definition) is 4. The Balaban J connectivity index is 1.89. The molecule has 6 heteroatoms. The summed E-state index contributed by atoms with van der Waals surface area (Å²) in [5.74, 6) is -0.507. The van der Waals surface area contributed by atoms with Crippen molar-refractivity contribution in [2.24, 2.45) is 16.2 Å². The molecule has 2 atom stereocenters. The van der Waals surface area contributed by atoms with E-state index in [4.69, 9.17) is 0 Å². The summed E-state index contributed by atoms with van der Waals surface area (Å²) in [6.45, 7) is 12.3. The predicted molar refractivity (Wildman–Crippen MR) is 135 cm³/mol. The predicted octanol–water partition coefficient (Wildman–Crippen LogP) is 4.61. The Morgan fingerprint density at radius 3 is 1.18 bits per heavy atom. The Morgan fingerprint density at radius 1 is 0.588 bits per heavy atom. The summed E-state index contributed by atoms with van der Waals surface area (Å²) in [5.41, 5.74) is -3.71. The van der Waals surface area contributed by atoms with Crippen molar-refractivity contribution in [2.45, 2.75) is 148 Å². The lowest BCUT2D eigenvalue weighted by molar-refractivity contribution is -0.152. The van der Waals surface area contributed by atoms with Crippen molar-refractivity contribution in [3.63, 3.8) is 0 Å². The maximum Gasteiger partial charge on any atom is 0.236 e. The number of aliphatic hydroxyl groups is 2. The molecule has 3 fully saturated rings. The highest BCUT2D eigenvalue weighted by atomic mass is 16.3. The monoisotopic (exact) mass is 478 g/mol. The SMILES string of the molecule is CC(C)(C)[C@@H](NC(=O)C1(C(=O)N[C@H](C(C)(C)C)C2(O)CCCC2)CCCCC1)C1(O)CCCC1.